The summed E-state index contributed by atoms with van der Waals surface area (Å²) in [4.78, 5) is 24.1. The highest BCUT2D eigenvalue weighted by atomic mass is 32.2. The number of hydrogen-bond acceptors (Lipinski definition) is 4. The van der Waals surface area contributed by atoms with Crippen molar-refractivity contribution in [2.75, 3.05) is 21.5 Å². The van der Waals surface area contributed by atoms with Crippen LogP contribution in [-0.4, -0.2) is 26.8 Å². The van der Waals surface area contributed by atoms with E-state index in [9.17, 15) is 18.0 Å². The Morgan fingerprint density at radius 3 is 1.97 bits per heavy atom. The summed E-state index contributed by atoms with van der Waals surface area (Å²) in [6, 6.07) is 21.8. The maximum absolute atomic E-state index is 13.4. The first-order valence-electron chi connectivity index (χ1n) is 10.1. The first-order valence-corrected chi connectivity index (χ1v) is 11.6. The van der Waals surface area contributed by atoms with Gasteiger partial charge in [0.2, 0.25) is 11.8 Å². The Labute approximate surface area is 188 Å². The van der Waals surface area contributed by atoms with Gasteiger partial charge in [0.15, 0.2) is 0 Å². The van der Waals surface area contributed by atoms with Gasteiger partial charge < -0.3 is 10.6 Å². The molecule has 3 aromatic rings. The third-order valence-corrected chi connectivity index (χ3v) is 6.52. The molecule has 0 aliphatic carbocycles. The second-order valence-corrected chi connectivity index (χ2v) is 8.98. The number of rotatable bonds is 8. The first kappa shape index (κ1) is 23.0. The van der Waals surface area contributed by atoms with Gasteiger partial charge >= 0.3 is 0 Å². The molecule has 3 aromatic carbocycles. The number of hydrogen-bond donors (Lipinski definition) is 2. The van der Waals surface area contributed by atoms with E-state index in [1.54, 1.807) is 54.6 Å². The summed E-state index contributed by atoms with van der Waals surface area (Å²) in [5.41, 5.74) is 2.38. The van der Waals surface area contributed by atoms with E-state index in [0.29, 0.717) is 23.5 Å². The summed E-state index contributed by atoms with van der Waals surface area (Å²) >= 11 is 0. The van der Waals surface area contributed by atoms with Gasteiger partial charge in [-0.05, 0) is 54.4 Å². The van der Waals surface area contributed by atoms with Gasteiger partial charge in [0.05, 0.1) is 10.6 Å². The number of carbonyl (C=O) groups excluding carboxylic acids is 2. The number of nitrogens with one attached hydrogen (secondary N) is 2. The summed E-state index contributed by atoms with van der Waals surface area (Å²) in [6.07, 6.45) is 0.614. The van der Waals surface area contributed by atoms with Gasteiger partial charge in [0, 0.05) is 18.3 Å². The summed E-state index contributed by atoms with van der Waals surface area (Å²) < 4.78 is 28.0. The summed E-state index contributed by atoms with van der Waals surface area (Å²) in [6.45, 7) is 2.95. The van der Waals surface area contributed by atoms with Crippen LogP contribution in [0.25, 0.3) is 0 Å². The van der Waals surface area contributed by atoms with Crippen LogP contribution in [0, 0.1) is 0 Å². The number of benzene rings is 3. The number of carbonyl (C=O) groups is 2. The highest BCUT2D eigenvalue weighted by Gasteiger charge is 2.28. The molecule has 0 aliphatic heterocycles. The molecule has 2 amide bonds. The van der Waals surface area contributed by atoms with Gasteiger partial charge in [-0.25, -0.2) is 8.42 Å². The number of para-hydroxylation sites is 1. The monoisotopic (exact) mass is 451 g/mol. The van der Waals surface area contributed by atoms with E-state index in [2.05, 4.69) is 10.6 Å². The Bertz CT molecular complexity index is 1190. The van der Waals surface area contributed by atoms with E-state index < -0.39 is 15.9 Å². The lowest BCUT2D eigenvalue weighted by molar-refractivity contribution is -0.115. The number of nitrogens with zero attached hydrogens (tertiary/aromatic N) is 1. The molecule has 32 heavy (non-hydrogen) atoms. The molecule has 2 N–H and O–H groups in total. The Morgan fingerprint density at radius 1 is 0.812 bits per heavy atom. The van der Waals surface area contributed by atoms with Crippen LogP contribution in [0.1, 0.15) is 19.4 Å². The summed E-state index contributed by atoms with van der Waals surface area (Å²) in [7, 11) is -3.97. The Kier molecular flexibility index (Phi) is 7.27. The Balaban J connectivity index is 1.89. The van der Waals surface area contributed by atoms with E-state index in [1.165, 1.54) is 19.1 Å². The molecule has 0 bridgehead atoms. The maximum Gasteiger partial charge on any atom is 0.264 e. The van der Waals surface area contributed by atoms with Crippen molar-refractivity contribution in [1.82, 2.24) is 0 Å². The second kappa shape index (κ2) is 10.1. The summed E-state index contributed by atoms with van der Waals surface area (Å²) in [5, 5.41) is 5.38. The minimum atomic E-state index is -3.97. The second-order valence-electron chi connectivity index (χ2n) is 7.11. The molecule has 0 aliphatic rings. The molecule has 0 radical (unpaired) electrons. The molecule has 0 saturated carbocycles. The predicted octanol–water partition coefficient (Wildman–Crippen LogP) is 4.04. The third kappa shape index (κ3) is 5.53. The zero-order chi connectivity index (χ0) is 23.1. The lowest BCUT2D eigenvalue weighted by atomic mass is 10.1. The molecule has 7 nitrogen and oxygen atoms in total. The van der Waals surface area contributed by atoms with Crippen molar-refractivity contribution >= 4 is 38.9 Å². The van der Waals surface area contributed by atoms with E-state index in [4.69, 9.17) is 0 Å². The molecule has 0 unspecified atom stereocenters. The standard InChI is InChI=1S/C24H25N3O4S/c1-3-19-9-7-8-12-23(19)27(32(30,31)22-10-5-4-6-11-22)17-24(29)26-21-15-13-20(14-16-21)25-18(2)28/h4-16H,3,17H2,1-2H3,(H,25,28)(H,26,29). The average Bonchev–Trinajstić information content (AvgIpc) is 2.79. The normalized spacial score (nSPS) is 10.9. The van der Waals surface area contributed by atoms with Crippen molar-refractivity contribution in [2.24, 2.45) is 0 Å². The van der Waals surface area contributed by atoms with Gasteiger partial charge in [0.25, 0.3) is 10.0 Å². The average molecular weight is 452 g/mol. The molecule has 0 heterocycles. The number of sulfonamides is 1. The molecule has 8 heteroatoms. The largest absolute Gasteiger partial charge is 0.326 e. The van der Waals surface area contributed by atoms with E-state index >= 15 is 0 Å². The van der Waals surface area contributed by atoms with E-state index in [0.717, 1.165) is 9.87 Å². The number of aryl methyl sites for hydroxylation is 1. The molecule has 0 fully saturated rings. The van der Waals surface area contributed by atoms with Gasteiger partial charge in [-0.15, -0.1) is 0 Å². The van der Waals surface area contributed by atoms with Gasteiger partial charge in [0.1, 0.15) is 6.54 Å². The predicted molar refractivity (Wildman–Crippen MR) is 126 cm³/mol. The molecule has 0 saturated heterocycles. The van der Waals surface area contributed by atoms with Crippen LogP contribution in [0.4, 0.5) is 17.1 Å². The fourth-order valence-corrected chi connectivity index (χ4v) is 4.72. The number of amides is 2. The van der Waals surface area contributed by atoms with Crippen molar-refractivity contribution in [3.8, 4) is 0 Å². The molecule has 0 atom stereocenters. The lowest BCUT2D eigenvalue weighted by Crippen LogP contribution is -2.38. The first-order chi connectivity index (χ1) is 15.3. The van der Waals surface area contributed by atoms with Crippen LogP contribution in [0.5, 0.6) is 0 Å². The van der Waals surface area contributed by atoms with Crippen LogP contribution in [-0.2, 0) is 26.0 Å². The Hall–Kier alpha value is -3.65. The fraction of sp³-hybridized carbons (Fsp3) is 0.167. The highest BCUT2D eigenvalue weighted by Crippen LogP contribution is 2.27. The summed E-state index contributed by atoms with van der Waals surface area (Å²) in [5.74, 6) is -0.680. The van der Waals surface area contributed by atoms with Crippen LogP contribution < -0.4 is 14.9 Å². The van der Waals surface area contributed by atoms with Crippen molar-refractivity contribution in [2.45, 2.75) is 25.2 Å². The molecular formula is C24H25N3O4S. The highest BCUT2D eigenvalue weighted by molar-refractivity contribution is 7.92. The van der Waals surface area contributed by atoms with Gasteiger partial charge in [-0.3, -0.25) is 13.9 Å². The zero-order valence-corrected chi connectivity index (χ0v) is 18.7. The SMILES string of the molecule is CCc1ccccc1N(CC(=O)Nc1ccc(NC(C)=O)cc1)S(=O)(=O)c1ccccc1. The van der Waals surface area contributed by atoms with Crippen LogP contribution >= 0.6 is 0 Å². The number of anilines is 3. The fourth-order valence-electron chi connectivity index (χ4n) is 3.24. The maximum atomic E-state index is 13.4. The smallest absolute Gasteiger partial charge is 0.264 e. The molecule has 3 rings (SSSR count). The van der Waals surface area contributed by atoms with Crippen LogP contribution in [0.2, 0.25) is 0 Å². The van der Waals surface area contributed by atoms with E-state index in [1.807, 2.05) is 19.1 Å². The minimum Gasteiger partial charge on any atom is -0.326 e. The van der Waals surface area contributed by atoms with Gasteiger partial charge in [-0.2, -0.15) is 0 Å². The third-order valence-electron chi connectivity index (χ3n) is 4.75. The lowest BCUT2D eigenvalue weighted by Gasteiger charge is -2.26. The van der Waals surface area contributed by atoms with Crippen molar-refractivity contribution in [1.29, 1.82) is 0 Å². The topological polar surface area (TPSA) is 95.6 Å². The van der Waals surface area contributed by atoms with Crippen molar-refractivity contribution < 1.29 is 18.0 Å². The zero-order valence-electron chi connectivity index (χ0n) is 17.9. The Morgan fingerprint density at radius 2 is 1.38 bits per heavy atom. The van der Waals surface area contributed by atoms with Gasteiger partial charge in [-0.1, -0.05) is 43.3 Å². The van der Waals surface area contributed by atoms with E-state index in [-0.39, 0.29) is 17.3 Å². The molecule has 166 valence electrons. The molecular weight excluding hydrogens is 426 g/mol. The van der Waals surface area contributed by atoms with Crippen molar-refractivity contribution in [3.05, 3.63) is 84.4 Å². The van der Waals surface area contributed by atoms with Crippen LogP contribution in [0.3, 0.4) is 0 Å². The molecule has 0 aromatic heterocycles. The van der Waals surface area contributed by atoms with Crippen LogP contribution in [0.15, 0.2) is 83.8 Å². The minimum absolute atomic E-state index is 0.110. The molecule has 0 spiro atoms. The quantitative estimate of drug-likeness (QED) is 0.540. The van der Waals surface area contributed by atoms with Crippen molar-refractivity contribution in [3.63, 3.8) is 0 Å².